The van der Waals surface area contributed by atoms with E-state index in [4.69, 9.17) is 9.47 Å². The average molecular weight is 404 g/mol. The number of ether oxygens (including phenoxy) is 2. The van der Waals surface area contributed by atoms with Crippen LogP contribution >= 0.6 is 0 Å². The SMILES string of the molecule is C=C(C=CC(=CCC)C=C1CCN(C(CC)COC)CC1)CC1(O)CCOCC1. The molecular weight excluding hydrogens is 362 g/mol. The van der Waals surface area contributed by atoms with E-state index in [1.807, 2.05) is 0 Å². The van der Waals surface area contributed by atoms with Gasteiger partial charge in [0.25, 0.3) is 0 Å². The number of rotatable bonds is 10. The Bertz CT molecular complexity index is 589. The van der Waals surface area contributed by atoms with Crippen LogP contribution in [-0.4, -0.2) is 61.7 Å². The molecule has 1 N–H and O–H groups in total. The molecule has 0 bridgehead atoms. The molecule has 0 aliphatic carbocycles. The van der Waals surface area contributed by atoms with Gasteiger partial charge in [-0.25, -0.2) is 0 Å². The van der Waals surface area contributed by atoms with Crippen molar-refractivity contribution in [2.45, 2.75) is 70.4 Å². The van der Waals surface area contributed by atoms with Gasteiger partial charge in [-0.05, 0) is 44.1 Å². The molecule has 1 unspecified atom stereocenters. The van der Waals surface area contributed by atoms with Gasteiger partial charge < -0.3 is 14.6 Å². The zero-order chi connectivity index (χ0) is 21.1. The van der Waals surface area contributed by atoms with Crippen molar-refractivity contribution in [2.75, 3.05) is 40.0 Å². The third-order valence-electron chi connectivity index (χ3n) is 6.09. The molecule has 0 radical (unpaired) electrons. The molecule has 0 aromatic rings. The van der Waals surface area contributed by atoms with Gasteiger partial charge in [0.15, 0.2) is 0 Å². The van der Waals surface area contributed by atoms with Crippen LogP contribution in [0, 0.1) is 0 Å². The van der Waals surface area contributed by atoms with Crippen molar-refractivity contribution in [3.63, 3.8) is 0 Å². The van der Waals surface area contributed by atoms with E-state index in [0.29, 0.717) is 38.5 Å². The molecule has 2 rings (SSSR count). The van der Waals surface area contributed by atoms with Gasteiger partial charge in [0, 0.05) is 45.9 Å². The van der Waals surface area contributed by atoms with Crippen molar-refractivity contribution < 1.29 is 14.6 Å². The predicted molar refractivity (Wildman–Crippen MR) is 121 cm³/mol. The Balaban J connectivity index is 1.92. The van der Waals surface area contributed by atoms with Gasteiger partial charge in [0.1, 0.15) is 0 Å². The first-order valence-corrected chi connectivity index (χ1v) is 11.3. The molecule has 0 saturated carbocycles. The second kappa shape index (κ2) is 12.5. The molecule has 0 aromatic heterocycles. The summed E-state index contributed by atoms with van der Waals surface area (Å²) in [6, 6.07) is 0.534. The molecule has 0 amide bonds. The normalized spacial score (nSPS) is 22.1. The molecule has 2 aliphatic heterocycles. The molecule has 2 heterocycles. The largest absolute Gasteiger partial charge is 0.389 e. The summed E-state index contributed by atoms with van der Waals surface area (Å²) in [5, 5.41) is 10.7. The molecule has 4 heteroatoms. The quantitative estimate of drug-likeness (QED) is 0.531. The lowest BCUT2D eigenvalue weighted by molar-refractivity contribution is -0.0620. The van der Waals surface area contributed by atoms with Crippen molar-refractivity contribution in [1.82, 2.24) is 4.90 Å². The average Bonchev–Trinajstić information content (AvgIpc) is 2.71. The maximum atomic E-state index is 10.7. The van der Waals surface area contributed by atoms with Crippen molar-refractivity contribution in [2.24, 2.45) is 0 Å². The summed E-state index contributed by atoms with van der Waals surface area (Å²) in [6.45, 7) is 12.9. The van der Waals surface area contributed by atoms with E-state index in [2.05, 4.69) is 49.6 Å². The molecule has 0 aromatic carbocycles. The van der Waals surface area contributed by atoms with Crippen molar-refractivity contribution in [3.05, 3.63) is 47.6 Å². The van der Waals surface area contributed by atoms with Gasteiger partial charge in [-0.2, -0.15) is 0 Å². The number of methoxy groups -OCH3 is 1. The van der Waals surface area contributed by atoms with E-state index in [1.165, 1.54) is 11.1 Å². The summed E-state index contributed by atoms with van der Waals surface area (Å²) < 4.78 is 10.7. The lowest BCUT2D eigenvalue weighted by Gasteiger charge is -2.34. The first kappa shape index (κ1) is 24.1. The minimum absolute atomic E-state index is 0.534. The van der Waals surface area contributed by atoms with Gasteiger partial charge in [-0.3, -0.25) is 4.90 Å². The number of aliphatic hydroxyl groups is 1. The predicted octanol–water partition coefficient (Wildman–Crippen LogP) is 4.81. The van der Waals surface area contributed by atoms with Crippen LogP contribution in [-0.2, 0) is 9.47 Å². The fourth-order valence-electron chi connectivity index (χ4n) is 4.26. The monoisotopic (exact) mass is 403 g/mol. The molecule has 29 heavy (non-hydrogen) atoms. The number of allylic oxidation sites excluding steroid dienone is 5. The number of hydrogen-bond acceptors (Lipinski definition) is 4. The van der Waals surface area contributed by atoms with Crippen LogP contribution in [0.2, 0.25) is 0 Å². The molecule has 0 spiro atoms. The molecule has 164 valence electrons. The summed E-state index contributed by atoms with van der Waals surface area (Å²) in [7, 11) is 1.79. The Morgan fingerprint density at radius 1 is 1.24 bits per heavy atom. The van der Waals surface area contributed by atoms with Crippen LogP contribution in [0.25, 0.3) is 0 Å². The van der Waals surface area contributed by atoms with Crippen molar-refractivity contribution in [1.29, 1.82) is 0 Å². The third kappa shape index (κ3) is 8.21. The summed E-state index contributed by atoms with van der Waals surface area (Å²) in [5.41, 5.74) is 3.10. The van der Waals surface area contributed by atoms with Crippen LogP contribution in [0.4, 0.5) is 0 Å². The fraction of sp³-hybridized carbons (Fsp3) is 0.680. The highest BCUT2D eigenvalue weighted by molar-refractivity contribution is 5.37. The minimum Gasteiger partial charge on any atom is -0.389 e. The highest BCUT2D eigenvalue weighted by atomic mass is 16.5. The maximum absolute atomic E-state index is 10.7. The van der Waals surface area contributed by atoms with Crippen LogP contribution in [0.15, 0.2) is 47.6 Å². The van der Waals surface area contributed by atoms with Gasteiger partial charge >= 0.3 is 0 Å². The zero-order valence-corrected chi connectivity index (χ0v) is 18.8. The third-order valence-corrected chi connectivity index (χ3v) is 6.09. The summed E-state index contributed by atoms with van der Waals surface area (Å²) in [6.07, 6.45) is 15.3. The van der Waals surface area contributed by atoms with Gasteiger partial charge in [0.2, 0.25) is 0 Å². The second-order valence-electron chi connectivity index (χ2n) is 8.47. The Morgan fingerprint density at radius 2 is 1.93 bits per heavy atom. The lowest BCUT2D eigenvalue weighted by atomic mass is 9.87. The van der Waals surface area contributed by atoms with Crippen molar-refractivity contribution in [3.8, 4) is 0 Å². The van der Waals surface area contributed by atoms with Gasteiger partial charge in [-0.1, -0.05) is 55.9 Å². The molecule has 2 fully saturated rings. The van der Waals surface area contributed by atoms with E-state index in [0.717, 1.165) is 51.0 Å². The summed E-state index contributed by atoms with van der Waals surface area (Å²) in [5.74, 6) is 0. The fourth-order valence-corrected chi connectivity index (χ4v) is 4.26. The van der Waals surface area contributed by atoms with E-state index in [9.17, 15) is 5.11 Å². The molecule has 2 saturated heterocycles. The number of likely N-dealkylation sites (tertiary alicyclic amines) is 1. The van der Waals surface area contributed by atoms with Gasteiger partial charge in [-0.15, -0.1) is 0 Å². The molecule has 4 nitrogen and oxygen atoms in total. The molecule has 2 aliphatic rings. The number of hydrogen-bond donors (Lipinski definition) is 1. The Kier molecular flexibility index (Phi) is 10.4. The summed E-state index contributed by atoms with van der Waals surface area (Å²) >= 11 is 0. The van der Waals surface area contributed by atoms with Crippen LogP contribution in [0.1, 0.15) is 58.8 Å². The van der Waals surface area contributed by atoms with E-state index < -0.39 is 5.60 Å². The topological polar surface area (TPSA) is 41.9 Å². The van der Waals surface area contributed by atoms with Gasteiger partial charge in [0.05, 0.1) is 12.2 Å². The Morgan fingerprint density at radius 3 is 2.52 bits per heavy atom. The van der Waals surface area contributed by atoms with Crippen LogP contribution < -0.4 is 0 Å². The van der Waals surface area contributed by atoms with Crippen LogP contribution in [0.5, 0.6) is 0 Å². The molecular formula is C25H41NO3. The standard InChI is InChI=1S/C25H41NO3/c1-5-7-22(9-8-21(3)19-25(27)12-16-29-17-13-25)18-23-10-14-26(15-11-23)24(6-2)20-28-4/h7-9,18,24,27H,3,5-6,10-17,19-20H2,1-2,4H3. The van der Waals surface area contributed by atoms with Crippen LogP contribution in [0.3, 0.4) is 0 Å². The lowest BCUT2D eigenvalue weighted by Crippen LogP contribution is -2.41. The minimum atomic E-state index is -0.655. The zero-order valence-electron chi connectivity index (χ0n) is 18.8. The van der Waals surface area contributed by atoms with E-state index >= 15 is 0 Å². The number of nitrogens with zero attached hydrogens (tertiary/aromatic N) is 1. The maximum Gasteiger partial charge on any atom is 0.0731 e. The smallest absolute Gasteiger partial charge is 0.0731 e. The Labute approximate surface area is 178 Å². The second-order valence-corrected chi connectivity index (χ2v) is 8.47. The highest BCUT2D eigenvalue weighted by Gasteiger charge is 2.29. The highest BCUT2D eigenvalue weighted by Crippen LogP contribution is 2.28. The molecule has 1 atom stereocenters. The Hall–Kier alpha value is -1.20. The van der Waals surface area contributed by atoms with E-state index in [1.54, 1.807) is 7.11 Å². The number of piperidine rings is 1. The van der Waals surface area contributed by atoms with Crippen molar-refractivity contribution >= 4 is 0 Å². The summed E-state index contributed by atoms with van der Waals surface area (Å²) in [4.78, 5) is 2.57. The van der Waals surface area contributed by atoms with E-state index in [-0.39, 0.29) is 0 Å². The first-order valence-electron chi connectivity index (χ1n) is 11.3. The first-order chi connectivity index (χ1) is 14.0.